The average molecular weight is 750 g/mol. The maximum absolute atomic E-state index is 16.5. The van der Waals surface area contributed by atoms with Crippen molar-refractivity contribution < 1.29 is 31.9 Å². The number of likely N-dealkylation sites (tertiary alicyclic amines) is 1. The molecule has 2 atom stereocenters. The molecular weight excluding hydrogens is 694 g/mol. The van der Waals surface area contributed by atoms with E-state index >= 15 is 4.39 Å². The lowest BCUT2D eigenvalue weighted by Crippen LogP contribution is -2.48. The quantitative estimate of drug-likeness (QED) is 0.0972. The van der Waals surface area contributed by atoms with Crippen LogP contribution in [-0.4, -0.2) is 72.1 Å². The molecule has 2 aromatic carbocycles. The van der Waals surface area contributed by atoms with Crippen molar-refractivity contribution in [1.29, 1.82) is 0 Å². The summed E-state index contributed by atoms with van der Waals surface area (Å²) in [6.45, 7) is 21.5. The van der Waals surface area contributed by atoms with Gasteiger partial charge in [-0.3, -0.25) is 9.59 Å². The van der Waals surface area contributed by atoms with E-state index in [4.69, 9.17) is 4.74 Å². The van der Waals surface area contributed by atoms with Crippen LogP contribution in [0.5, 0.6) is 0 Å². The number of carbonyl (C=O) groups is 2. The lowest BCUT2D eigenvalue weighted by atomic mass is 9.89. The van der Waals surface area contributed by atoms with Crippen molar-refractivity contribution in [2.24, 2.45) is 5.92 Å². The second kappa shape index (κ2) is 18.3. The van der Waals surface area contributed by atoms with Crippen LogP contribution in [0, 0.1) is 18.7 Å². The summed E-state index contributed by atoms with van der Waals surface area (Å²) in [4.78, 5) is 33.1. The Hall–Kier alpha value is -4.44. The van der Waals surface area contributed by atoms with Gasteiger partial charge in [-0.05, 0) is 117 Å². The monoisotopic (exact) mass is 749 g/mol. The molecule has 0 aromatic heterocycles. The molecule has 1 fully saturated rings. The summed E-state index contributed by atoms with van der Waals surface area (Å²) in [6, 6.07) is 7.40. The Bertz CT molecular complexity index is 1820. The zero-order valence-corrected chi connectivity index (χ0v) is 32.8. The number of amides is 1. The fraction of sp³-hybridized carbons (Fsp3) is 0.455. The fourth-order valence-corrected chi connectivity index (χ4v) is 6.99. The third kappa shape index (κ3) is 10.2. The summed E-state index contributed by atoms with van der Waals surface area (Å²) in [5.74, 6) is -1.74. The standard InChI is InChI=1S/C44H55F4N3O3/c1-10-12-20-54-41(52)26-39(37-25-34(22-30(7)42(37)45)36-24-32(11-2)14-15-35(36)29(5)6)49(9)43(53)40(21-28(3)4)51-27-33(16-19-50-17-13-18-50)38(23-31(51)8)44(46,47)48/h10,12,14-15,22-25,27-28,39-40H,5,8,11,13,16-21,26H2,1-4,6-7,9H3/t39-,40?/m0/s1. The van der Waals surface area contributed by atoms with Crippen LogP contribution in [0.25, 0.3) is 16.7 Å². The number of ether oxygens (including phenoxy) is 1. The molecule has 2 heterocycles. The highest BCUT2D eigenvalue weighted by Gasteiger charge is 2.41. The number of esters is 1. The van der Waals surface area contributed by atoms with Gasteiger partial charge in [0.15, 0.2) is 0 Å². The Morgan fingerprint density at radius 3 is 2.41 bits per heavy atom. The topological polar surface area (TPSA) is 53.1 Å². The SMILES string of the molecule is C=C(C)c1ccc(CC)cc1-c1cc(C)c(F)c([C@H](CC(=O)OCC=CC)N(C)C(=O)C(CC(C)C)N2C=C(CCN3CCC3)C(C(F)(F)F)=CC2=C)c1. The number of halogens is 4. The zero-order chi connectivity index (χ0) is 39.9. The van der Waals surface area contributed by atoms with Gasteiger partial charge in [-0.2, -0.15) is 13.2 Å². The van der Waals surface area contributed by atoms with E-state index in [1.54, 1.807) is 38.1 Å². The van der Waals surface area contributed by atoms with Crippen molar-refractivity contribution in [2.45, 2.75) is 91.9 Å². The maximum Gasteiger partial charge on any atom is 0.416 e. The molecule has 2 aromatic rings. The molecule has 4 rings (SSSR count). The van der Waals surface area contributed by atoms with Crippen molar-refractivity contribution in [2.75, 3.05) is 33.3 Å². The van der Waals surface area contributed by atoms with Crippen LogP contribution in [0.1, 0.15) is 88.6 Å². The zero-order valence-electron chi connectivity index (χ0n) is 32.8. The Kier molecular flexibility index (Phi) is 14.3. The highest BCUT2D eigenvalue weighted by Crippen LogP contribution is 2.40. The van der Waals surface area contributed by atoms with Gasteiger partial charge in [-0.25, -0.2) is 4.39 Å². The number of nitrogens with zero attached hydrogens (tertiary/aromatic N) is 3. The summed E-state index contributed by atoms with van der Waals surface area (Å²) in [6.07, 6.45) is 3.07. The third-order valence-corrected chi connectivity index (χ3v) is 10.2. The first-order valence-electron chi connectivity index (χ1n) is 18.8. The Labute approximate surface area is 318 Å². The van der Waals surface area contributed by atoms with Crippen LogP contribution in [0.2, 0.25) is 0 Å². The Morgan fingerprint density at radius 2 is 1.83 bits per heavy atom. The van der Waals surface area contributed by atoms with E-state index in [9.17, 15) is 22.8 Å². The van der Waals surface area contributed by atoms with E-state index < -0.39 is 41.5 Å². The molecule has 1 unspecified atom stereocenters. The van der Waals surface area contributed by atoms with E-state index in [2.05, 4.69) is 18.1 Å². The largest absolute Gasteiger partial charge is 0.461 e. The summed E-state index contributed by atoms with van der Waals surface area (Å²) >= 11 is 0. The molecule has 10 heteroatoms. The third-order valence-electron chi connectivity index (χ3n) is 10.2. The summed E-state index contributed by atoms with van der Waals surface area (Å²) in [5.41, 5.74) is 4.12. The number of aryl methyl sites for hydroxylation is 2. The number of carbonyl (C=O) groups excluding carboxylic acids is 2. The van der Waals surface area contributed by atoms with E-state index in [1.807, 2.05) is 45.9 Å². The average Bonchev–Trinajstić information content (AvgIpc) is 3.09. The van der Waals surface area contributed by atoms with Gasteiger partial charge in [0.25, 0.3) is 0 Å². The minimum absolute atomic E-state index is 0.00942. The van der Waals surface area contributed by atoms with Crippen LogP contribution in [0.4, 0.5) is 17.6 Å². The van der Waals surface area contributed by atoms with E-state index in [-0.39, 0.29) is 48.6 Å². The number of allylic oxidation sites excluding steroid dienone is 4. The van der Waals surface area contributed by atoms with Gasteiger partial charge >= 0.3 is 12.1 Å². The van der Waals surface area contributed by atoms with Gasteiger partial charge < -0.3 is 19.4 Å². The van der Waals surface area contributed by atoms with Crippen molar-refractivity contribution in [3.8, 4) is 11.1 Å². The highest BCUT2D eigenvalue weighted by molar-refractivity contribution is 5.85. The molecule has 1 saturated heterocycles. The fourth-order valence-electron chi connectivity index (χ4n) is 6.99. The first-order valence-corrected chi connectivity index (χ1v) is 18.8. The number of hydrogen-bond acceptors (Lipinski definition) is 5. The first kappa shape index (κ1) is 42.3. The smallest absolute Gasteiger partial charge is 0.416 e. The molecule has 2 aliphatic rings. The Balaban J connectivity index is 1.83. The summed E-state index contributed by atoms with van der Waals surface area (Å²) in [7, 11) is 1.51. The van der Waals surface area contributed by atoms with Gasteiger partial charge in [-0.1, -0.05) is 69.9 Å². The normalized spacial score (nSPS) is 16.2. The Morgan fingerprint density at radius 1 is 1.13 bits per heavy atom. The molecule has 54 heavy (non-hydrogen) atoms. The van der Waals surface area contributed by atoms with Gasteiger partial charge in [0.1, 0.15) is 18.5 Å². The summed E-state index contributed by atoms with van der Waals surface area (Å²) < 4.78 is 64.9. The molecule has 6 nitrogen and oxygen atoms in total. The number of benzene rings is 2. The van der Waals surface area contributed by atoms with Crippen molar-refractivity contribution in [3.63, 3.8) is 0 Å². The molecule has 0 saturated carbocycles. The molecule has 292 valence electrons. The lowest BCUT2D eigenvalue weighted by Gasteiger charge is -2.39. The number of alkyl halides is 3. The summed E-state index contributed by atoms with van der Waals surface area (Å²) in [5, 5.41) is 0. The predicted molar refractivity (Wildman–Crippen MR) is 209 cm³/mol. The van der Waals surface area contributed by atoms with E-state index in [0.29, 0.717) is 17.7 Å². The molecule has 0 N–H and O–H groups in total. The minimum Gasteiger partial charge on any atom is -0.461 e. The molecule has 2 aliphatic heterocycles. The van der Waals surface area contributed by atoms with Crippen LogP contribution >= 0.6 is 0 Å². The maximum atomic E-state index is 16.5. The van der Waals surface area contributed by atoms with Crippen LogP contribution in [-0.2, 0) is 20.7 Å². The van der Waals surface area contributed by atoms with E-state index in [1.165, 1.54) is 23.0 Å². The number of likely N-dealkylation sites (N-methyl/N-ethyl adjacent to an activating group) is 1. The van der Waals surface area contributed by atoms with Crippen LogP contribution in [0.3, 0.4) is 0 Å². The van der Waals surface area contributed by atoms with Gasteiger partial charge in [0, 0.05) is 31.1 Å². The molecular formula is C44H55F4N3O3. The second-order valence-electron chi connectivity index (χ2n) is 14.8. The predicted octanol–water partition coefficient (Wildman–Crippen LogP) is 10.1. The van der Waals surface area contributed by atoms with Crippen molar-refractivity contribution in [3.05, 3.63) is 113 Å². The van der Waals surface area contributed by atoms with Crippen molar-refractivity contribution >= 4 is 17.4 Å². The van der Waals surface area contributed by atoms with Gasteiger partial charge in [-0.15, -0.1) is 0 Å². The molecule has 0 aliphatic carbocycles. The van der Waals surface area contributed by atoms with Gasteiger partial charge in [0.05, 0.1) is 18.0 Å². The molecule has 0 spiro atoms. The molecule has 0 radical (unpaired) electrons. The molecule has 0 bridgehead atoms. The van der Waals surface area contributed by atoms with E-state index in [0.717, 1.165) is 54.3 Å². The highest BCUT2D eigenvalue weighted by atomic mass is 19.4. The molecule has 1 amide bonds. The lowest BCUT2D eigenvalue weighted by molar-refractivity contribution is -0.146. The van der Waals surface area contributed by atoms with Gasteiger partial charge in [0.2, 0.25) is 5.91 Å². The van der Waals surface area contributed by atoms with Crippen molar-refractivity contribution in [1.82, 2.24) is 14.7 Å². The van der Waals surface area contributed by atoms with Crippen LogP contribution < -0.4 is 0 Å². The second-order valence-corrected chi connectivity index (χ2v) is 14.8. The van der Waals surface area contributed by atoms with Crippen LogP contribution in [0.15, 0.2) is 84.8 Å². The first-order chi connectivity index (χ1) is 25.5. The number of rotatable bonds is 16. The minimum atomic E-state index is -4.61. The number of hydrogen-bond donors (Lipinski definition) is 0.